The fourth-order valence-electron chi connectivity index (χ4n) is 3.25. The van der Waals surface area contributed by atoms with Crippen molar-refractivity contribution in [2.24, 2.45) is 0 Å². The van der Waals surface area contributed by atoms with Crippen molar-refractivity contribution < 1.29 is 4.42 Å². The molecule has 1 aliphatic rings. The van der Waals surface area contributed by atoms with Gasteiger partial charge in [0, 0.05) is 6.04 Å². The van der Waals surface area contributed by atoms with Crippen LogP contribution in [-0.2, 0) is 0 Å². The Labute approximate surface area is 112 Å². The molecular formula is C15H20N2O2. The number of aromatic nitrogens is 1. The number of fused-ring (bicyclic) bond motifs is 1. The van der Waals surface area contributed by atoms with Crippen molar-refractivity contribution in [3.05, 3.63) is 33.8 Å². The first kappa shape index (κ1) is 12.5. The minimum Gasteiger partial charge on any atom is -0.408 e. The average Bonchev–Trinajstić information content (AvgIpc) is 2.77. The van der Waals surface area contributed by atoms with Gasteiger partial charge in [-0.1, -0.05) is 0 Å². The number of H-pyrrole nitrogens is 1. The lowest BCUT2D eigenvalue weighted by atomic mass is 9.80. The predicted molar refractivity (Wildman–Crippen MR) is 75.6 cm³/mol. The van der Waals surface area contributed by atoms with Gasteiger partial charge in [-0.25, -0.2) is 4.79 Å². The quantitative estimate of drug-likeness (QED) is 0.872. The van der Waals surface area contributed by atoms with Crippen LogP contribution in [0.1, 0.15) is 42.7 Å². The Hall–Kier alpha value is -1.55. The van der Waals surface area contributed by atoms with Crippen LogP contribution in [0.15, 0.2) is 21.3 Å². The molecule has 1 saturated carbocycles. The Morgan fingerprint density at radius 2 is 2.00 bits per heavy atom. The summed E-state index contributed by atoms with van der Waals surface area (Å²) in [5, 5.41) is 3.36. The lowest BCUT2D eigenvalue weighted by Gasteiger charge is -2.29. The second kappa shape index (κ2) is 4.85. The van der Waals surface area contributed by atoms with Crippen molar-refractivity contribution in [2.75, 3.05) is 7.05 Å². The zero-order chi connectivity index (χ0) is 13.4. The van der Waals surface area contributed by atoms with E-state index in [2.05, 4.69) is 17.2 Å². The average molecular weight is 260 g/mol. The molecule has 0 bridgehead atoms. The highest BCUT2D eigenvalue weighted by Crippen LogP contribution is 2.35. The maximum atomic E-state index is 11.2. The van der Waals surface area contributed by atoms with Gasteiger partial charge in [0.15, 0.2) is 5.58 Å². The summed E-state index contributed by atoms with van der Waals surface area (Å²) in [6.45, 7) is 2.12. The minimum absolute atomic E-state index is 0.370. The highest BCUT2D eigenvalue weighted by molar-refractivity contribution is 5.74. The number of aryl methyl sites for hydroxylation is 1. The number of nitrogens with one attached hydrogen (secondary N) is 2. The second-order valence-electron chi connectivity index (χ2n) is 5.56. The van der Waals surface area contributed by atoms with E-state index in [1.807, 2.05) is 19.2 Å². The molecule has 0 saturated heterocycles. The van der Waals surface area contributed by atoms with Gasteiger partial charge in [0.25, 0.3) is 0 Å². The summed E-state index contributed by atoms with van der Waals surface area (Å²) in [7, 11) is 2.04. The monoisotopic (exact) mass is 260 g/mol. The van der Waals surface area contributed by atoms with Gasteiger partial charge in [0.05, 0.1) is 5.52 Å². The summed E-state index contributed by atoms with van der Waals surface area (Å²) in [6.07, 6.45) is 4.84. The molecule has 1 aliphatic carbocycles. The number of rotatable bonds is 2. The number of oxazole rings is 1. The van der Waals surface area contributed by atoms with Crippen molar-refractivity contribution in [1.82, 2.24) is 10.3 Å². The van der Waals surface area contributed by atoms with Crippen LogP contribution in [0, 0.1) is 6.92 Å². The highest BCUT2D eigenvalue weighted by Gasteiger charge is 2.23. The Bertz CT molecular complexity index is 633. The summed E-state index contributed by atoms with van der Waals surface area (Å²) in [5.41, 5.74) is 4.07. The largest absolute Gasteiger partial charge is 0.417 e. The molecule has 4 nitrogen and oxygen atoms in total. The summed E-state index contributed by atoms with van der Waals surface area (Å²) < 4.78 is 5.17. The molecule has 0 aliphatic heterocycles. The summed E-state index contributed by atoms with van der Waals surface area (Å²) in [5.74, 6) is 0.222. The molecule has 0 amide bonds. The molecule has 0 unspecified atom stereocenters. The van der Waals surface area contributed by atoms with Crippen LogP contribution in [0.2, 0.25) is 0 Å². The van der Waals surface area contributed by atoms with Gasteiger partial charge < -0.3 is 9.73 Å². The van der Waals surface area contributed by atoms with E-state index in [-0.39, 0.29) is 5.76 Å². The Kier molecular flexibility index (Phi) is 3.19. The lowest BCUT2D eigenvalue weighted by molar-refractivity contribution is 0.358. The molecule has 0 radical (unpaired) electrons. The molecular weight excluding hydrogens is 240 g/mol. The summed E-state index contributed by atoms with van der Waals surface area (Å²) in [4.78, 5) is 14.0. The maximum absolute atomic E-state index is 11.2. The molecule has 0 atom stereocenters. The molecule has 2 aromatic rings. The highest BCUT2D eigenvalue weighted by atomic mass is 16.4. The third-order valence-electron chi connectivity index (χ3n) is 4.38. The van der Waals surface area contributed by atoms with Crippen LogP contribution >= 0.6 is 0 Å². The molecule has 1 aromatic carbocycles. The second-order valence-corrected chi connectivity index (χ2v) is 5.56. The smallest absolute Gasteiger partial charge is 0.408 e. The normalized spacial score (nSPS) is 23.9. The fraction of sp³-hybridized carbons (Fsp3) is 0.533. The van der Waals surface area contributed by atoms with E-state index in [0.29, 0.717) is 17.5 Å². The van der Waals surface area contributed by atoms with Crippen molar-refractivity contribution in [1.29, 1.82) is 0 Å². The SMILES string of the molecule is CN[C@H]1CC[C@H](c2cc3oc(=O)[nH]c3cc2C)CC1. The first-order valence-electron chi connectivity index (χ1n) is 6.98. The van der Waals surface area contributed by atoms with E-state index in [9.17, 15) is 4.79 Å². The molecule has 1 aromatic heterocycles. The number of aromatic amines is 1. The third-order valence-corrected chi connectivity index (χ3v) is 4.38. The van der Waals surface area contributed by atoms with Crippen LogP contribution in [0.4, 0.5) is 0 Å². The van der Waals surface area contributed by atoms with E-state index in [4.69, 9.17) is 4.42 Å². The molecule has 0 spiro atoms. The number of hydrogen-bond acceptors (Lipinski definition) is 3. The molecule has 102 valence electrons. The molecule has 3 rings (SSSR count). The van der Waals surface area contributed by atoms with Gasteiger partial charge in [0.1, 0.15) is 0 Å². The Morgan fingerprint density at radius 1 is 1.26 bits per heavy atom. The van der Waals surface area contributed by atoms with E-state index < -0.39 is 0 Å². The molecule has 2 N–H and O–H groups in total. The van der Waals surface area contributed by atoms with E-state index in [1.165, 1.54) is 36.8 Å². The van der Waals surface area contributed by atoms with Gasteiger partial charge in [-0.05, 0) is 68.8 Å². The van der Waals surface area contributed by atoms with Gasteiger partial charge in [0.2, 0.25) is 0 Å². The van der Waals surface area contributed by atoms with Crippen LogP contribution < -0.4 is 11.1 Å². The van der Waals surface area contributed by atoms with Crippen molar-refractivity contribution in [3.63, 3.8) is 0 Å². The maximum Gasteiger partial charge on any atom is 0.417 e. The zero-order valence-electron chi connectivity index (χ0n) is 11.5. The lowest BCUT2D eigenvalue weighted by Crippen LogP contribution is -2.29. The zero-order valence-corrected chi connectivity index (χ0v) is 11.5. The van der Waals surface area contributed by atoms with Crippen molar-refractivity contribution in [2.45, 2.75) is 44.6 Å². The van der Waals surface area contributed by atoms with Gasteiger partial charge in [-0.3, -0.25) is 4.98 Å². The standard InChI is InChI=1S/C15H20N2O2/c1-9-7-13-14(19-15(18)17-13)8-12(9)10-3-5-11(16-2)6-4-10/h7-8,10-11,16H,3-6H2,1-2H3,(H,17,18)/t10-,11-. The number of hydrogen-bond donors (Lipinski definition) is 2. The van der Waals surface area contributed by atoms with Crippen LogP contribution in [-0.4, -0.2) is 18.1 Å². The van der Waals surface area contributed by atoms with E-state index in [1.54, 1.807) is 0 Å². The van der Waals surface area contributed by atoms with Crippen molar-refractivity contribution in [3.8, 4) is 0 Å². The van der Waals surface area contributed by atoms with Crippen molar-refractivity contribution >= 4 is 11.1 Å². The summed E-state index contributed by atoms with van der Waals surface area (Å²) in [6, 6.07) is 4.73. The molecule has 19 heavy (non-hydrogen) atoms. The Balaban J connectivity index is 1.92. The first-order chi connectivity index (χ1) is 9.17. The summed E-state index contributed by atoms with van der Waals surface area (Å²) >= 11 is 0. The van der Waals surface area contributed by atoms with Gasteiger partial charge >= 0.3 is 5.76 Å². The van der Waals surface area contributed by atoms with Crippen LogP contribution in [0.25, 0.3) is 11.1 Å². The minimum atomic E-state index is -0.370. The van der Waals surface area contributed by atoms with Crippen LogP contribution in [0.5, 0.6) is 0 Å². The topological polar surface area (TPSA) is 58.0 Å². The van der Waals surface area contributed by atoms with Gasteiger partial charge in [-0.15, -0.1) is 0 Å². The molecule has 1 heterocycles. The van der Waals surface area contributed by atoms with Crippen LogP contribution in [0.3, 0.4) is 0 Å². The number of benzene rings is 1. The fourth-order valence-corrected chi connectivity index (χ4v) is 3.25. The predicted octanol–water partition coefficient (Wildman–Crippen LogP) is 2.68. The molecule has 4 heteroatoms. The van der Waals surface area contributed by atoms with E-state index in [0.717, 1.165) is 5.52 Å². The Morgan fingerprint density at radius 3 is 2.68 bits per heavy atom. The first-order valence-corrected chi connectivity index (χ1v) is 6.98. The molecule has 1 fully saturated rings. The van der Waals surface area contributed by atoms with Gasteiger partial charge in [-0.2, -0.15) is 0 Å². The third kappa shape index (κ3) is 2.32. The van der Waals surface area contributed by atoms with E-state index >= 15 is 0 Å².